The Morgan fingerprint density at radius 3 is 2.43 bits per heavy atom. The number of guanidine groups is 1. The molecule has 0 bridgehead atoms. The minimum atomic E-state index is 0.609. The topological polar surface area (TPSA) is 69.3 Å². The van der Waals surface area contributed by atoms with Crippen molar-refractivity contribution in [3.05, 3.63) is 17.7 Å². The second-order valence-electron chi connectivity index (χ2n) is 5.08. The number of methoxy groups -OCH3 is 3. The van der Waals surface area contributed by atoms with Crippen LogP contribution in [-0.4, -0.2) is 63.3 Å². The predicted octanol–water partition coefficient (Wildman–Crippen LogP) is 1.62. The van der Waals surface area contributed by atoms with Crippen molar-refractivity contribution in [1.29, 1.82) is 0 Å². The molecule has 0 aliphatic carbocycles. The van der Waals surface area contributed by atoms with Crippen molar-refractivity contribution in [2.45, 2.75) is 6.42 Å². The number of benzene rings is 1. The van der Waals surface area contributed by atoms with E-state index in [4.69, 9.17) is 19.9 Å². The van der Waals surface area contributed by atoms with Gasteiger partial charge in [-0.3, -0.25) is 4.99 Å². The van der Waals surface area contributed by atoms with Crippen LogP contribution < -0.4 is 19.9 Å². The van der Waals surface area contributed by atoms with Gasteiger partial charge in [0.2, 0.25) is 5.75 Å². The SMILES string of the molecule is COc1ccc(CCN=C(N)N2CCSCC2)c(OC)c1OC. The second-order valence-corrected chi connectivity index (χ2v) is 6.31. The zero-order valence-corrected chi connectivity index (χ0v) is 14.8. The summed E-state index contributed by atoms with van der Waals surface area (Å²) in [6.45, 7) is 2.56. The van der Waals surface area contributed by atoms with E-state index in [0.29, 0.717) is 29.8 Å². The fourth-order valence-electron chi connectivity index (χ4n) is 2.54. The maximum absolute atomic E-state index is 6.08. The highest BCUT2D eigenvalue weighted by Crippen LogP contribution is 2.39. The van der Waals surface area contributed by atoms with Gasteiger partial charge in [0.25, 0.3) is 0 Å². The Balaban J connectivity index is 2.05. The van der Waals surface area contributed by atoms with Gasteiger partial charge >= 0.3 is 0 Å². The highest BCUT2D eigenvalue weighted by molar-refractivity contribution is 7.99. The van der Waals surface area contributed by atoms with Crippen molar-refractivity contribution in [3.8, 4) is 17.2 Å². The molecule has 128 valence electrons. The van der Waals surface area contributed by atoms with Crippen LogP contribution >= 0.6 is 11.8 Å². The molecule has 0 amide bonds. The highest BCUT2D eigenvalue weighted by atomic mass is 32.2. The van der Waals surface area contributed by atoms with Crippen LogP contribution in [0.1, 0.15) is 5.56 Å². The summed E-state index contributed by atoms with van der Waals surface area (Å²) in [5, 5.41) is 0. The van der Waals surface area contributed by atoms with E-state index < -0.39 is 0 Å². The first-order valence-corrected chi connectivity index (χ1v) is 8.77. The van der Waals surface area contributed by atoms with Crippen LogP contribution in [0.4, 0.5) is 0 Å². The van der Waals surface area contributed by atoms with Crippen molar-refractivity contribution in [1.82, 2.24) is 4.90 Å². The van der Waals surface area contributed by atoms with Crippen molar-refractivity contribution >= 4 is 17.7 Å². The average molecular weight is 339 g/mol. The first-order valence-electron chi connectivity index (χ1n) is 7.61. The van der Waals surface area contributed by atoms with E-state index in [1.165, 1.54) is 0 Å². The fraction of sp³-hybridized carbons (Fsp3) is 0.562. The fourth-order valence-corrected chi connectivity index (χ4v) is 3.45. The molecule has 2 rings (SSSR count). The summed E-state index contributed by atoms with van der Waals surface area (Å²) in [5.74, 6) is 4.80. The zero-order chi connectivity index (χ0) is 16.7. The number of hydrogen-bond acceptors (Lipinski definition) is 5. The minimum Gasteiger partial charge on any atom is -0.493 e. The first kappa shape index (κ1) is 17.6. The molecule has 1 heterocycles. The molecule has 1 aliphatic heterocycles. The van der Waals surface area contributed by atoms with Gasteiger partial charge in [-0.05, 0) is 12.5 Å². The molecule has 0 aromatic heterocycles. The number of hydrogen-bond donors (Lipinski definition) is 1. The number of nitrogens with zero attached hydrogens (tertiary/aromatic N) is 2. The monoisotopic (exact) mass is 339 g/mol. The lowest BCUT2D eigenvalue weighted by atomic mass is 10.1. The van der Waals surface area contributed by atoms with Gasteiger partial charge in [-0.25, -0.2) is 0 Å². The van der Waals surface area contributed by atoms with Gasteiger partial charge in [-0.2, -0.15) is 11.8 Å². The quantitative estimate of drug-likeness (QED) is 0.627. The maximum Gasteiger partial charge on any atom is 0.203 e. The molecule has 0 unspecified atom stereocenters. The lowest BCUT2D eigenvalue weighted by Gasteiger charge is -2.27. The van der Waals surface area contributed by atoms with Gasteiger partial charge in [0.1, 0.15) is 0 Å². The number of rotatable bonds is 6. The van der Waals surface area contributed by atoms with E-state index in [1.54, 1.807) is 21.3 Å². The summed E-state index contributed by atoms with van der Waals surface area (Å²) >= 11 is 1.95. The Kier molecular flexibility index (Phi) is 6.70. The molecule has 1 aromatic carbocycles. The second kappa shape index (κ2) is 8.76. The first-order chi connectivity index (χ1) is 11.2. The highest BCUT2D eigenvalue weighted by Gasteiger charge is 2.16. The van der Waals surface area contributed by atoms with Crippen LogP contribution in [0.2, 0.25) is 0 Å². The summed E-state index contributed by atoms with van der Waals surface area (Å²) in [4.78, 5) is 6.64. The van der Waals surface area contributed by atoms with E-state index in [0.717, 1.165) is 36.6 Å². The van der Waals surface area contributed by atoms with E-state index in [2.05, 4.69) is 9.89 Å². The normalized spacial score (nSPS) is 15.4. The number of ether oxygens (including phenoxy) is 3. The molecule has 6 nitrogen and oxygen atoms in total. The zero-order valence-electron chi connectivity index (χ0n) is 14.0. The van der Waals surface area contributed by atoms with Crippen LogP contribution in [0.5, 0.6) is 17.2 Å². The van der Waals surface area contributed by atoms with Gasteiger partial charge in [0.15, 0.2) is 17.5 Å². The Bertz CT molecular complexity index is 546. The molecular weight excluding hydrogens is 314 g/mol. The molecule has 1 aliphatic rings. The molecule has 0 saturated carbocycles. The number of aliphatic imine (C=N–C) groups is 1. The Hall–Kier alpha value is -1.76. The van der Waals surface area contributed by atoms with Crippen LogP contribution in [0.25, 0.3) is 0 Å². The van der Waals surface area contributed by atoms with Gasteiger partial charge in [-0.15, -0.1) is 0 Å². The van der Waals surface area contributed by atoms with Crippen LogP contribution in [-0.2, 0) is 6.42 Å². The van der Waals surface area contributed by atoms with Gasteiger partial charge in [-0.1, -0.05) is 6.07 Å². The van der Waals surface area contributed by atoms with Crippen molar-refractivity contribution in [2.24, 2.45) is 10.7 Å². The summed E-state index contributed by atoms with van der Waals surface area (Å²) in [5.41, 5.74) is 7.10. The van der Waals surface area contributed by atoms with Crippen LogP contribution in [0, 0.1) is 0 Å². The molecule has 0 atom stereocenters. The molecule has 2 N–H and O–H groups in total. The van der Waals surface area contributed by atoms with Crippen LogP contribution in [0.3, 0.4) is 0 Å². The van der Waals surface area contributed by atoms with Crippen LogP contribution in [0.15, 0.2) is 17.1 Å². The maximum atomic E-state index is 6.08. The summed E-state index contributed by atoms with van der Waals surface area (Å²) in [7, 11) is 4.84. The van der Waals surface area contributed by atoms with Gasteiger partial charge < -0.3 is 24.8 Å². The molecule has 7 heteroatoms. The Morgan fingerprint density at radius 2 is 1.83 bits per heavy atom. The summed E-state index contributed by atoms with van der Waals surface area (Å²) in [6.07, 6.45) is 0.729. The lowest BCUT2D eigenvalue weighted by molar-refractivity contribution is 0.322. The van der Waals surface area contributed by atoms with E-state index in [-0.39, 0.29) is 0 Å². The molecule has 1 aromatic rings. The summed E-state index contributed by atoms with van der Waals surface area (Å²) < 4.78 is 16.2. The third-order valence-electron chi connectivity index (χ3n) is 3.78. The standard InChI is InChI=1S/C16H25N3O3S/c1-20-13-5-4-12(14(21-2)15(13)22-3)6-7-18-16(17)19-8-10-23-11-9-19/h4-5H,6-11H2,1-3H3,(H2,17,18). The summed E-state index contributed by atoms with van der Waals surface area (Å²) in [6, 6.07) is 3.86. The number of thioether (sulfide) groups is 1. The van der Waals surface area contributed by atoms with Gasteiger partial charge in [0, 0.05) is 36.7 Å². The third kappa shape index (κ3) is 4.37. The van der Waals surface area contributed by atoms with Crippen molar-refractivity contribution in [3.63, 3.8) is 0 Å². The molecule has 23 heavy (non-hydrogen) atoms. The number of nitrogens with two attached hydrogens (primary N) is 1. The Morgan fingerprint density at radius 1 is 1.13 bits per heavy atom. The molecular formula is C16H25N3O3S. The smallest absolute Gasteiger partial charge is 0.203 e. The molecule has 0 spiro atoms. The predicted molar refractivity (Wildman–Crippen MR) is 95.2 cm³/mol. The van der Waals surface area contributed by atoms with Gasteiger partial charge in [0.05, 0.1) is 21.3 Å². The van der Waals surface area contributed by atoms with E-state index in [1.807, 2.05) is 23.9 Å². The molecule has 1 saturated heterocycles. The minimum absolute atomic E-state index is 0.609. The van der Waals surface area contributed by atoms with E-state index in [9.17, 15) is 0 Å². The van der Waals surface area contributed by atoms with Crippen molar-refractivity contribution < 1.29 is 14.2 Å². The van der Waals surface area contributed by atoms with E-state index >= 15 is 0 Å². The van der Waals surface area contributed by atoms with Crippen molar-refractivity contribution in [2.75, 3.05) is 52.5 Å². The third-order valence-corrected chi connectivity index (χ3v) is 4.72. The lowest BCUT2D eigenvalue weighted by Crippen LogP contribution is -2.42. The molecule has 0 radical (unpaired) electrons. The molecule has 1 fully saturated rings. The average Bonchev–Trinajstić information content (AvgIpc) is 2.61. The largest absolute Gasteiger partial charge is 0.493 e. The Labute approximate surface area is 142 Å².